The fraction of sp³-hybridized carbons (Fsp3) is 0.208. The summed E-state index contributed by atoms with van der Waals surface area (Å²) in [5, 5.41) is 11.8. The standard InChI is InChI=1S/C24H21F6NO2/c1-14(10-22(33)31-20-6-8-21(32)9-7-20)4-5-15(2)16(3)17-11-18(23(25,26)27)13-19(12-17)24(28,29)30/h4-13,32H,1-3H3,(H,31,33). The second-order valence-electron chi connectivity index (χ2n) is 7.36. The Morgan fingerprint density at radius 1 is 0.848 bits per heavy atom. The van der Waals surface area contributed by atoms with Crippen LogP contribution in [0.3, 0.4) is 0 Å². The molecular weight excluding hydrogens is 448 g/mol. The van der Waals surface area contributed by atoms with Gasteiger partial charge in [-0.1, -0.05) is 12.2 Å². The van der Waals surface area contributed by atoms with Crippen molar-refractivity contribution in [2.75, 3.05) is 5.32 Å². The molecule has 2 aromatic carbocycles. The van der Waals surface area contributed by atoms with Crippen LogP contribution in [-0.2, 0) is 17.1 Å². The summed E-state index contributed by atoms with van der Waals surface area (Å²) >= 11 is 0. The van der Waals surface area contributed by atoms with Crippen molar-refractivity contribution in [3.63, 3.8) is 0 Å². The minimum atomic E-state index is -4.93. The van der Waals surface area contributed by atoms with Gasteiger partial charge in [0.2, 0.25) is 5.91 Å². The number of rotatable bonds is 5. The van der Waals surface area contributed by atoms with E-state index < -0.39 is 29.4 Å². The molecule has 0 saturated heterocycles. The van der Waals surface area contributed by atoms with Crippen molar-refractivity contribution in [2.45, 2.75) is 33.1 Å². The van der Waals surface area contributed by atoms with Gasteiger partial charge in [-0.25, -0.2) is 0 Å². The molecule has 0 spiro atoms. The molecule has 0 heterocycles. The first kappa shape index (κ1) is 25.8. The van der Waals surface area contributed by atoms with Crippen LogP contribution in [0.5, 0.6) is 5.75 Å². The molecule has 0 radical (unpaired) electrons. The average Bonchev–Trinajstić information content (AvgIpc) is 2.71. The van der Waals surface area contributed by atoms with Gasteiger partial charge in [0.25, 0.3) is 0 Å². The number of nitrogens with one attached hydrogen (secondary N) is 1. The van der Waals surface area contributed by atoms with Gasteiger partial charge < -0.3 is 10.4 Å². The van der Waals surface area contributed by atoms with E-state index in [9.17, 15) is 36.2 Å². The zero-order valence-corrected chi connectivity index (χ0v) is 17.9. The van der Waals surface area contributed by atoms with Gasteiger partial charge in [0.15, 0.2) is 0 Å². The van der Waals surface area contributed by atoms with Crippen LogP contribution in [0.4, 0.5) is 32.0 Å². The van der Waals surface area contributed by atoms with Crippen molar-refractivity contribution in [3.05, 3.63) is 88.5 Å². The minimum absolute atomic E-state index is 0.0448. The van der Waals surface area contributed by atoms with Gasteiger partial charge in [0.1, 0.15) is 5.75 Å². The molecule has 9 heteroatoms. The Labute approximate surface area is 186 Å². The van der Waals surface area contributed by atoms with Crippen LogP contribution >= 0.6 is 0 Å². The second kappa shape index (κ2) is 9.97. The van der Waals surface area contributed by atoms with E-state index in [4.69, 9.17) is 0 Å². The van der Waals surface area contributed by atoms with Crippen molar-refractivity contribution >= 4 is 17.2 Å². The number of benzene rings is 2. The van der Waals surface area contributed by atoms with Crippen LogP contribution in [0.25, 0.3) is 5.57 Å². The Morgan fingerprint density at radius 3 is 1.85 bits per heavy atom. The number of carbonyl (C=O) groups excluding carboxylic acids is 1. The predicted molar refractivity (Wildman–Crippen MR) is 114 cm³/mol. The molecule has 33 heavy (non-hydrogen) atoms. The molecule has 2 rings (SSSR count). The minimum Gasteiger partial charge on any atom is -0.508 e. The third-order valence-corrected chi connectivity index (χ3v) is 4.70. The van der Waals surface area contributed by atoms with Crippen LogP contribution in [0, 0.1) is 0 Å². The summed E-state index contributed by atoms with van der Waals surface area (Å²) in [6, 6.07) is 7.26. The Bertz CT molecular complexity index is 1080. The zero-order chi connectivity index (χ0) is 25.0. The lowest BCUT2D eigenvalue weighted by atomic mass is 9.96. The molecule has 0 fully saturated rings. The normalized spacial score (nSPS) is 13.8. The Morgan fingerprint density at radius 2 is 1.36 bits per heavy atom. The van der Waals surface area contributed by atoms with Gasteiger partial charge in [-0.15, -0.1) is 0 Å². The van der Waals surface area contributed by atoms with E-state index in [1.54, 1.807) is 13.8 Å². The van der Waals surface area contributed by atoms with Crippen LogP contribution in [0.2, 0.25) is 0 Å². The second-order valence-corrected chi connectivity index (χ2v) is 7.36. The molecule has 176 valence electrons. The number of hydrogen-bond acceptors (Lipinski definition) is 2. The highest BCUT2D eigenvalue weighted by molar-refractivity contribution is 6.00. The molecule has 0 atom stereocenters. The van der Waals surface area contributed by atoms with Gasteiger partial charge in [-0.05, 0) is 85.5 Å². The van der Waals surface area contributed by atoms with Crippen LogP contribution in [0.1, 0.15) is 37.5 Å². The van der Waals surface area contributed by atoms with Crippen molar-refractivity contribution in [1.82, 2.24) is 0 Å². The van der Waals surface area contributed by atoms with Crippen molar-refractivity contribution < 1.29 is 36.2 Å². The van der Waals surface area contributed by atoms with E-state index >= 15 is 0 Å². The molecule has 0 aliphatic rings. The van der Waals surface area contributed by atoms with Crippen LogP contribution in [0.15, 0.2) is 71.8 Å². The molecule has 1 amide bonds. The number of allylic oxidation sites excluding steroid dienone is 5. The molecule has 0 aliphatic carbocycles. The number of carbonyl (C=O) groups is 1. The third kappa shape index (κ3) is 7.55. The zero-order valence-electron chi connectivity index (χ0n) is 17.9. The molecule has 0 aliphatic heterocycles. The average molecular weight is 469 g/mol. The third-order valence-electron chi connectivity index (χ3n) is 4.70. The summed E-state index contributed by atoms with van der Waals surface area (Å²) in [6.07, 6.45) is -5.55. The number of anilines is 1. The van der Waals surface area contributed by atoms with E-state index in [0.29, 0.717) is 29.0 Å². The van der Waals surface area contributed by atoms with E-state index in [-0.39, 0.29) is 23.0 Å². The monoisotopic (exact) mass is 469 g/mol. The highest BCUT2D eigenvalue weighted by Gasteiger charge is 2.37. The summed E-state index contributed by atoms with van der Waals surface area (Å²) in [4.78, 5) is 12.1. The molecular formula is C24H21F6NO2. The summed E-state index contributed by atoms with van der Waals surface area (Å²) in [7, 11) is 0. The van der Waals surface area contributed by atoms with E-state index in [0.717, 1.165) is 0 Å². The van der Waals surface area contributed by atoms with Gasteiger partial charge in [-0.3, -0.25) is 4.79 Å². The Balaban J connectivity index is 2.27. The smallest absolute Gasteiger partial charge is 0.416 e. The molecule has 0 bridgehead atoms. The topological polar surface area (TPSA) is 49.3 Å². The number of amides is 1. The Kier molecular flexibility index (Phi) is 7.79. The fourth-order valence-corrected chi connectivity index (χ4v) is 2.76. The number of alkyl halides is 6. The van der Waals surface area contributed by atoms with E-state index in [2.05, 4.69) is 5.32 Å². The van der Waals surface area contributed by atoms with Crippen molar-refractivity contribution in [3.8, 4) is 5.75 Å². The van der Waals surface area contributed by atoms with Gasteiger partial charge >= 0.3 is 12.4 Å². The quantitative estimate of drug-likeness (QED) is 0.208. The summed E-state index contributed by atoms with van der Waals surface area (Å²) in [5.41, 5.74) is -1.36. The summed E-state index contributed by atoms with van der Waals surface area (Å²) < 4.78 is 78.6. The lowest BCUT2D eigenvalue weighted by molar-refractivity contribution is -0.143. The first-order chi connectivity index (χ1) is 15.2. The van der Waals surface area contributed by atoms with Crippen molar-refractivity contribution in [2.24, 2.45) is 0 Å². The molecule has 0 unspecified atom stereocenters. The first-order valence-electron chi connectivity index (χ1n) is 9.60. The maximum atomic E-state index is 13.1. The number of phenolic OH excluding ortho intramolecular Hbond substituents is 1. The summed E-state index contributed by atoms with van der Waals surface area (Å²) in [5.74, 6) is -0.405. The van der Waals surface area contributed by atoms with E-state index in [1.165, 1.54) is 49.4 Å². The fourth-order valence-electron chi connectivity index (χ4n) is 2.76. The molecule has 2 aromatic rings. The number of halogens is 6. The van der Waals surface area contributed by atoms with Crippen molar-refractivity contribution in [1.29, 1.82) is 0 Å². The number of hydrogen-bond donors (Lipinski definition) is 2. The lowest BCUT2D eigenvalue weighted by Crippen LogP contribution is -2.11. The van der Waals surface area contributed by atoms with E-state index in [1.807, 2.05) is 0 Å². The van der Waals surface area contributed by atoms with Crippen LogP contribution in [-0.4, -0.2) is 11.0 Å². The number of phenols is 1. The predicted octanol–water partition coefficient (Wildman–Crippen LogP) is 7.36. The molecule has 3 nitrogen and oxygen atoms in total. The highest BCUT2D eigenvalue weighted by atomic mass is 19.4. The SMILES string of the molecule is CC(C=CC(C)=C(C)c1cc(C(F)(F)F)cc(C(F)(F)F)c1)=CC(=O)Nc1ccc(O)cc1. The van der Waals surface area contributed by atoms with Gasteiger partial charge in [-0.2, -0.15) is 26.3 Å². The van der Waals surface area contributed by atoms with Crippen LogP contribution < -0.4 is 5.32 Å². The molecule has 0 aromatic heterocycles. The Hall–Kier alpha value is -3.49. The molecule has 0 saturated carbocycles. The van der Waals surface area contributed by atoms with Gasteiger partial charge in [0.05, 0.1) is 11.1 Å². The highest BCUT2D eigenvalue weighted by Crippen LogP contribution is 2.38. The molecule has 2 N–H and O–H groups in total. The van der Waals surface area contributed by atoms with Gasteiger partial charge in [0, 0.05) is 11.8 Å². The first-order valence-corrected chi connectivity index (χ1v) is 9.60. The summed E-state index contributed by atoms with van der Waals surface area (Å²) in [6.45, 7) is 4.58. The number of aromatic hydroxyl groups is 1. The maximum Gasteiger partial charge on any atom is 0.416 e. The lowest BCUT2D eigenvalue weighted by Gasteiger charge is -2.15. The largest absolute Gasteiger partial charge is 0.508 e. The maximum absolute atomic E-state index is 13.1.